The SMILES string of the molecule is O=C=NCCS(=O)(=O)N1CCOCC1. The maximum Gasteiger partial charge on any atom is 0.234 e. The molecule has 1 fully saturated rings. The molecule has 0 aromatic rings. The van der Waals surface area contributed by atoms with Crippen LogP contribution in [0, 0.1) is 0 Å². The van der Waals surface area contributed by atoms with E-state index in [9.17, 15) is 13.2 Å². The van der Waals surface area contributed by atoms with E-state index in [2.05, 4.69) is 4.99 Å². The minimum absolute atomic E-state index is 0.0246. The van der Waals surface area contributed by atoms with E-state index in [1.165, 1.54) is 10.4 Å². The third kappa shape index (κ3) is 3.19. The van der Waals surface area contributed by atoms with Crippen molar-refractivity contribution in [1.29, 1.82) is 0 Å². The molecule has 0 unspecified atom stereocenters. The molecule has 0 bridgehead atoms. The smallest absolute Gasteiger partial charge is 0.234 e. The number of isocyanates is 1. The molecule has 0 atom stereocenters. The van der Waals surface area contributed by atoms with E-state index in [0.717, 1.165) is 0 Å². The van der Waals surface area contributed by atoms with Crippen molar-refractivity contribution in [2.24, 2.45) is 4.99 Å². The number of sulfonamides is 1. The first-order valence-corrected chi connectivity index (χ1v) is 5.87. The molecule has 0 aromatic heterocycles. The van der Waals surface area contributed by atoms with Crippen molar-refractivity contribution in [2.75, 3.05) is 38.6 Å². The highest BCUT2D eigenvalue weighted by Gasteiger charge is 2.23. The normalized spacial score (nSPS) is 18.9. The first-order chi connectivity index (χ1) is 6.67. The highest BCUT2D eigenvalue weighted by atomic mass is 32.2. The third-order valence-electron chi connectivity index (χ3n) is 1.89. The van der Waals surface area contributed by atoms with Crippen molar-refractivity contribution < 1.29 is 17.9 Å². The maximum absolute atomic E-state index is 11.5. The van der Waals surface area contributed by atoms with Gasteiger partial charge in [-0.05, 0) is 0 Å². The van der Waals surface area contributed by atoms with Crippen LogP contribution in [0.2, 0.25) is 0 Å². The summed E-state index contributed by atoms with van der Waals surface area (Å²) in [4.78, 5) is 13.0. The van der Waals surface area contributed by atoms with Crippen molar-refractivity contribution in [3.05, 3.63) is 0 Å². The number of carbonyl (C=O) groups excluding carboxylic acids is 1. The van der Waals surface area contributed by atoms with Crippen LogP contribution in [0.4, 0.5) is 0 Å². The van der Waals surface area contributed by atoms with Crippen molar-refractivity contribution >= 4 is 16.1 Å². The quantitative estimate of drug-likeness (QED) is 0.449. The molecule has 0 aliphatic carbocycles. The van der Waals surface area contributed by atoms with Gasteiger partial charge in [0.2, 0.25) is 16.1 Å². The summed E-state index contributed by atoms with van der Waals surface area (Å²) >= 11 is 0. The van der Waals surface area contributed by atoms with Gasteiger partial charge in [0.15, 0.2) is 0 Å². The van der Waals surface area contributed by atoms with Crippen LogP contribution in [0.15, 0.2) is 4.99 Å². The number of hydrogen-bond acceptors (Lipinski definition) is 5. The van der Waals surface area contributed by atoms with Gasteiger partial charge in [-0.1, -0.05) is 0 Å². The van der Waals surface area contributed by atoms with Gasteiger partial charge in [-0.3, -0.25) is 0 Å². The summed E-state index contributed by atoms with van der Waals surface area (Å²) in [5, 5.41) is 0. The Labute approximate surface area is 82.6 Å². The molecule has 1 aliphatic heterocycles. The Morgan fingerprint density at radius 3 is 2.57 bits per heavy atom. The lowest BCUT2D eigenvalue weighted by molar-refractivity contribution is 0.0731. The van der Waals surface area contributed by atoms with Gasteiger partial charge in [-0.15, -0.1) is 0 Å². The predicted octanol–water partition coefficient (Wildman–Crippen LogP) is -1.02. The molecule has 14 heavy (non-hydrogen) atoms. The molecule has 6 nitrogen and oxygen atoms in total. The number of morpholine rings is 1. The second kappa shape index (κ2) is 5.21. The average Bonchev–Trinajstić information content (AvgIpc) is 2.19. The van der Waals surface area contributed by atoms with Gasteiger partial charge >= 0.3 is 0 Å². The molecule has 7 heteroatoms. The summed E-state index contributed by atoms with van der Waals surface area (Å²) in [7, 11) is -3.27. The molecule has 0 aromatic carbocycles. The van der Waals surface area contributed by atoms with Gasteiger partial charge in [0.25, 0.3) is 0 Å². The predicted molar refractivity (Wildman–Crippen MR) is 49.2 cm³/mol. The van der Waals surface area contributed by atoms with Crippen LogP contribution in [0.3, 0.4) is 0 Å². The molecule has 1 rings (SSSR count). The van der Waals surface area contributed by atoms with Crippen LogP contribution in [-0.2, 0) is 19.6 Å². The molecule has 1 aliphatic rings. The van der Waals surface area contributed by atoms with E-state index >= 15 is 0 Å². The Kier molecular flexibility index (Phi) is 4.21. The second-order valence-electron chi connectivity index (χ2n) is 2.80. The van der Waals surface area contributed by atoms with Crippen LogP contribution < -0.4 is 0 Å². The highest BCUT2D eigenvalue weighted by molar-refractivity contribution is 7.89. The zero-order valence-corrected chi connectivity index (χ0v) is 8.49. The first kappa shape index (κ1) is 11.3. The average molecular weight is 220 g/mol. The Morgan fingerprint density at radius 2 is 2.00 bits per heavy atom. The number of nitrogens with zero attached hydrogens (tertiary/aromatic N) is 2. The lowest BCUT2D eigenvalue weighted by atomic mass is 10.5. The largest absolute Gasteiger partial charge is 0.379 e. The van der Waals surface area contributed by atoms with Crippen LogP contribution in [0.25, 0.3) is 0 Å². The van der Waals surface area contributed by atoms with E-state index in [4.69, 9.17) is 4.74 Å². The van der Waals surface area contributed by atoms with E-state index < -0.39 is 10.0 Å². The summed E-state index contributed by atoms with van der Waals surface area (Å²) in [6.07, 6.45) is 1.31. The van der Waals surface area contributed by atoms with Crippen LogP contribution in [-0.4, -0.2) is 57.4 Å². The molecule has 0 radical (unpaired) electrons. The molecule has 0 spiro atoms. The molecular formula is C7H12N2O4S. The Hall–Kier alpha value is -0.750. The van der Waals surface area contributed by atoms with Crippen molar-refractivity contribution in [3.8, 4) is 0 Å². The van der Waals surface area contributed by atoms with Gasteiger partial charge in [0.05, 0.1) is 25.5 Å². The maximum atomic E-state index is 11.5. The summed E-state index contributed by atoms with van der Waals surface area (Å²) in [5.41, 5.74) is 0. The zero-order valence-electron chi connectivity index (χ0n) is 7.68. The standard InChI is InChI=1S/C7H12N2O4S/c10-7-8-1-6-14(11,12)9-2-4-13-5-3-9/h1-6H2. The van der Waals surface area contributed by atoms with Crippen molar-refractivity contribution in [1.82, 2.24) is 4.31 Å². The summed E-state index contributed by atoms with van der Waals surface area (Å²) in [6, 6.07) is 0. The molecule has 1 heterocycles. The second-order valence-corrected chi connectivity index (χ2v) is 4.89. The van der Waals surface area contributed by atoms with Crippen LogP contribution in [0.1, 0.15) is 0 Å². The summed E-state index contributed by atoms with van der Waals surface area (Å²) in [5.74, 6) is -0.137. The molecule has 0 N–H and O–H groups in total. The fourth-order valence-electron chi connectivity index (χ4n) is 1.16. The molecule has 1 saturated heterocycles. The lowest BCUT2D eigenvalue weighted by Gasteiger charge is -2.25. The number of hydrogen-bond donors (Lipinski definition) is 0. The molecule has 80 valence electrons. The van der Waals surface area contributed by atoms with E-state index in [0.29, 0.717) is 26.3 Å². The fourth-order valence-corrected chi connectivity index (χ4v) is 2.45. The van der Waals surface area contributed by atoms with Gasteiger partial charge in [-0.2, -0.15) is 4.31 Å². The number of aliphatic imine (C=N–C) groups is 1. The monoisotopic (exact) mass is 220 g/mol. The Bertz CT molecular complexity index is 315. The first-order valence-electron chi connectivity index (χ1n) is 4.26. The van der Waals surface area contributed by atoms with E-state index in [1.807, 2.05) is 0 Å². The van der Waals surface area contributed by atoms with Gasteiger partial charge in [0, 0.05) is 13.1 Å². The van der Waals surface area contributed by atoms with Gasteiger partial charge in [0.1, 0.15) is 0 Å². The van der Waals surface area contributed by atoms with E-state index in [-0.39, 0.29) is 12.3 Å². The topological polar surface area (TPSA) is 76.0 Å². The molecular weight excluding hydrogens is 208 g/mol. The van der Waals surface area contributed by atoms with Crippen LogP contribution >= 0.6 is 0 Å². The minimum atomic E-state index is -3.27. The summed E-state index contributed by atoms with van der Waals surface area (Å²) < 4.78 is 29.5. The van der Waals surface area contributed by atoms with Gasteiger partial charge in [-0.25, -0.2) is 18.2 Å². The zero-order chi connectivity index (χ0) is 10.4. The summed E-state index contributed by atoms with van der Waals surface area (Å²) in [6.45, 7) is 1.59. The van der Waals surface area contributed by atoms with E-state index in [1.54, 1.807) is 0 Å². The third-order valence-corrected chi connectivity index (χ3v) is 3.74. The van der Waals surface area contributed by atoms with Gasteiger partial charge < -0.3 is 4.74 Å². The van der Waals surface area contributed by atoms with Crippen LogP contribution in [0.5, 0.6) is 0 Å². The minimum Gasteiger partial charge on any atom is -0.379 e. The number of rotatable bonds is 4. The fraction of sp³-hybridized carbons (Fsp3) is 0.857. The number of ether oxygens (including phenoxy) is 1. The lowest BCUT2D eigenvalue weighted by Crippen LogP contribution is -2.42. The molecule has 0 amide bonds. The van der Waals surface area contributed by atoms with Crippen molar-refractivity contribution in [2.45, 2.75) is 0 Å². The molecule has 0 saturated carbocycles. The van der Waals surface area contributed by atoms with Crippen molar-refractivity contribution in [3.63, 3.8) is 0 Å². The Morgan fingerprint density at radius 1 is 1.36 bits per heavy atom. The highest BCUT2D eigenvalue weighted by Crippen LogP contribution is 2.05. The Balaban J connectivity index is 2.50.